The second-order valence-electron chi connectivity index (χ2n) is 9.11. The summed E-state index contributed by atoms with van der Waals surface area (Å²) in [4.78, 5) is 12.7. The number of amides is 1. The van der Waals surface area contributed by atoms with Gasteiger partial charge in [-0.2, -0.15) is 26.3 Å². The highest BCUT2D eigenvalue weighted by atomic mass is 19.4. The van der Waals surface area contributed by atoms with E-state index in [2.05, 4.69) is 5.32 Å². The number of carbonyl (C=O) groups excluding carboxylic acids is 1. The molecule has 166 valence electrons. The van der Waals surface area contributed by atoms with Gasteiger partial charge in [0.25, 0.3) is 0 Å². The molecule has 0 spiro atoms. The molecule has 3 aliphatic rings. The van der Waals surface area contributed by atoms with Crippen LogP contribution in [0.25, 0.3) is 0 Å². The average Bonchev–Trinajstić information content (AvgIpc) is 3.19. The van der Waals surface area contributed by atoms with Gasteiger partial charge in [0, 0.05) is 17.0 Å². The van der Waals surface area contributed by atoms with Gasteiger partial charge in [-0.3, -0.25) is 4.79 Å². The number of fused-ring (bicyclic) bond motifs is 3. The van der Waals surface area contributed by atoms with Crippen molar-refractivity contribution in [2.75, 3.05) is 0 Å². The maximum atomic E-state index is 14.4. The SMILES string of the molecule is CC1(NC(=O)[C@@H]2CCC3c4ccc(C(F)(C(F)(F)F)C(F)(F)F)cc4CCC32)CC1. The number of rotatable bonds is 3. The molecule has 3 atom stereocenters. The van der Waals surface area contributed by atoms with Gasteiger partial charge in [-0.05, 0) is 68.4 Å². The summed E-state index contributed by atoms with van der Waals surface area (Å²) in [5.41, 5.74) is -6.07. The number of benzene rings is 1. The third kappa shape index (κ3) is 3.28. The quantitative estimate of drug-likeness (QED) is 0.604. The van der Waals surface area contributed by atoms with Gasteiger partial charge < -0.3 is 5.32 Å². The molecule has 2 saturated carbocycles. The Labute approximate surface area is 169 Å². The zero-order valence-corrected chi connectivity index (χ0v) is 16.3. The summed E-state index contributed by atoms with van der Waals surface area (Å²) in [6.45, 7) is 1.97. The fourth-order valence-corrected chi connectivity index (χ4v) is 5.09. The molecule has 9 heteroatoms. The van der Waals surface area contributed by atoms with E-state index in [1.54, 1.807) is 0 Å². The van der Waals surface area contributed by atoms with Crippen molar-refractivity contribution in [2.24, 2.45) is 11.8 Å². The first-order valence-electron chi connectivity index (χ1n) is 10.0. The van der Waals surface area contributed by atoms with E-state index < -0.39 is 23.6 Å². The Morgan fingerprint density at radius 2 is 1.63 bits per heavy atom. The first kappa shape index (κ1) is 21.4. The van der Waals surface area contributed by atoms with E-state index in [9.17, 15) is 35.5 Å². The van der Waals surface area contributed by atoms with Crippen LogP contribution < -0.4 is 5.32 Å². The first-order valence-corrected chi connectivity index (χ1v) is 10.0. The summed E-state index contributed by atoms with van der Waals surface area (Å²) < 4.78 is 92.8. The van der Waals surface area contributed by atoms with E-state index in [-0.39, 0.29) is 35.6 Å². The molecule has 0 aliphatic heterocycles. The van der Waals surface area contributed by atoms with E-state index in [0.29, 0.717) is 42.5 Å². The van der Waals surface area contributed by atoms with Crippen LogP contribution in [0.1, 0.15) is 61.6 Å². The topological polar surface area (TPSA) is 29.1 Å². The van der Waals surface area contributed by atoms with Crippen LogP contribution in [0.2, 0.25) is 0 Å². The van der Waals surface area contributed by atoms with Crippen LogP contribution in [0.15, 0.2) is 18.2 Å². The Bertz CT molecular complexity index is 842. The molecular weight excluding hydrogens is 415 g/mol. The van der Waals surface area contributed by atoms with Crippen molar-refractivity contribution >= 4 is 5.91 Å². The smallest absolute Gasteiger partial charge is 0.351 e. The highest BCUT2D eigenvalue weighted by Crippen LogP contribution is 2.55. The third-order valence-electron chi connectivity index (χ3n) is 7.05. The monoisotopic (exact) mass is 437 g/mol. The number of hydrogen-bond donors (Lipinski definition) is 1. The van der Waals surface area contributed by atoms with Gasteiger partial charge in [0.05, 0.1) is 0 Å². The number of halogens is 7. The summed E-state index contributed by atoms with van der Waals surface area (Å²) >= 11 is 0. The first-order chi connectivity index (χ1) is 13.8. The lowest BCUT2D eigenvalue weighted by Gasteiger charge is -2.34. The van der Waals surface area contributed by atoms with Crippen molar-refractivity contribution in [2.45, 2.75) is 74.9 Å². The molecule has 0 aromatic heterocycles. The molecule has 1 N–H and O–H groups in total. The highest BCUT2D eigenvalue weighted by Gasteiger charge is 2.73. The minimum absolute atomic E-state index is 0.00827. The van der Waals surface area contributed by atoms with Gasteiger partial charge >= 0.3 is 18.0 Å². The molecular formula is C21H22F7NO. The molecule has 4 rings (SSSR count). The van der Waals surface area contributed by atoms with Gasteiger partial charge in [0.1, 0.15) is 0 Å². The van der Waals surface area contributed by atoms with Crippen LogP contribution in [0, 0.1) is 11.8 Å². The van der Waals surface area contributed by atoms with E-state index in [1.807, 2.05) is 6.92 Å². The maximum absolute atomic E-state index is 14.4. The second kappa shape index (κ2) is 6.60. The van der Waals surface area contributed by atoms with Crippen LogP contribution in [0.4, 0.5) is 30.7 Å². The van der Waals surface area contributed by atoms with Crippen LogP contribution in [-0.2, 0) is 16.9 Å². The van der Waals surface area contributed by atoms with Crippen LogP contribution >= 0.6 is 0 Å². The average molecular weight is 437 g/mol. The van der Waals surface area contributed by atoms with Gasteiger partial charge in [-0.15, -0.1) is 0 Å². The molecule has 0 radical (unpaired) electrons. The summed E-state index contributed by atoms with van der Waals surface area (Å²) in [6, 6.07) is 2.50. The van der Waals surface area contributed by atoms with Crippen molar-refractivity contribution < 1.29 is 35.5 Å². The zero-order chi connectivity index (χ0) is 22.1. The Balaban J connectivity index is 1.61. The Morgan fingerprint density at radius 1 is 1.00 bits per heavy atom. The van der Waals surface area contributed by atoms with Crippen molar-refractivity contribution in [3.63, 3.8) is 0 Å². The minimum atomic E-state index is -6.12. The largest absolute Gasteiger partial charge is 0.435 e. The lowest BCUT2D eigenvalue weighted by Crippen LogP contribution is -2.50. The maximum Gasteiger partial charge on any atom is 0.435 e. The number of hydrogen-bond acceptors (Lipinski definition) is 1. The summed E-state index contributed by atoms with van der Waals surface area (Å²) in [5, 5.41) is 3.05. The molecule has 2 nitrogen and oxygen atoms in total. The van der Waals surface area contributed by atoms with E-state index in [1.165, 1.54) is 6.07 Å². The molecule has 3 aliphatic carbocycles. The predicted molar refractivity (Wildman–Crippen MR) is 94.4 cm³/mol. The molecule has 0 heterocycles. The summed E-state index contributed by atoms with van der Waals surface area (Å²) in [5.74, 6) is -0.368. The Morgan fingerprint density at radius 3 is 2.20 bits per heavy atom. The van der Waals surface area contributed by atoms with Crippen molar-refractivity contribution in [3.05, 3.63) is 34.9 Å². The zero-order valence-electron chi connectivity index (χ0n) is 16.3. The standard InChI is InChI=1S/C21H22F7NO/c1-18(8-9-18)29-17(30)16-7-6-14-13-5-3-12(10-11(13)2-4-15(14)16)19(22,20(23,24)25)21(26,27)28/h3,5,10,14-16H,2,4,6-9H2,1H3,(H,29,30)/t14?,15?,16-/m1/s1. The molecule has 0 saturated heterocycles. The highest BCUT2D eigenvalue weighted by molar-refractivity contribution is 5.80. The molecule has 1 aromatic rings. The molecule has 2 fully saturated rings. The van der Waals surface area contributed by atoms with E-state index in [0.717, 1.165) is 12.8 Å². The number of carbonyl (C=O) groups is 1. The molecule has 1 amide bonds. The normalized spacial score (nSPS) is 27.9. The number of nitrogens with one attached hydrogen (secondary N) is 1. The van der Waals surface area contributed by atoms with Crippen molar-refractivity contribution in [3.8, 4) is 0 Å². The fraction of sp³-hybridized carbons (Fsp3) is 0.667. The number of aryl methyl sites for hydroxylation is 1. The van der Waals surface area contributed by atoms with E-state index in [4.69, 9.17) is 0 Å². The third-order valence-corrected chi connectivity index (χ3v) is 7.05. The van der Waals surface area contributed by atoms with Gasteiger partial charge in [0.15, 0.2) is 0 Å². The second-order valence-corrected chi connectivity index (χ2v) is 9.11. The van der Waals surface area contributed by atoms with Crippen molar-refractivity contribution in [1.82, 2.24) is 5.32 Å². The van der Waals surface area contributed by atoms with Crippen LogP contribution in [0.3, 0.4) is 0 Å². The van der Waals surface area contributed by atoms with Crippen molar-refractivity contribution in [1.29, 1.82) is 0 Å². The molecule has 0 bridgehead atoms. The summed E-state index contributed by atoms with van der Waals surface area (Å²) in [7, 11) is 0. The Hall–Kier alpha value is -1.80. The van der Waals surface area contributed by atoms with Crippen LogP contribution in [0.5, 0.6) is 0 Å². The van der Waals surface area contributed by atoms with E-state index >= 15 is 0 Å². The Kier molecular flexibility index (Phi) is 4.71. The van der Waals surface area contributed by atoms with Gasteiger partial charge in [-0.25, -0.2) is 4.39 Å². The fourth-order valence-electron chi connectivity index (χ4n) is 5.09. The van der Waals surface area contributed by atoms with Gasteiger partial charge in [-0.1, -0.05) is 18.2 Å². The lowest BCUT2D eigenvalue weighted by molar-refractivity contribution is -0.348. The minimum Gasteiger partial charge on any atom is -0.351 e. The molecule has 2 unspecified atom stereocenters. The predicted octanol–water partition coefficient (Wildman–Crippen LogP) is 5.70. The molecule has 1 aromatic carbocycles. The molecule has 30 heavy (non-hydrogen) atoms. The lowest BCUT2D eigenvalue weighted by atomic mass is 9.73. The summed E-state index contributed by atoms with van der Waals surface area (Å²) in [6.07, 6.45) is -8.44. The van der Waals surface area contributed by atoms with Gasteiger partial charge in [0.2, 0.25) is 5.91 Å². The number of alkyl halides is 7. The van der Waals surface area contributed by atoms with Crippen LogP contribution in [-0.4, -0.2) is 23.8 Å².